The van der Waals surface area contributed by atoms with E-state index < -0.39 is 12.7 Å². The van der Waals surface area contributed by atoms with Gasteiger partial charge in [-0.15, -0.1) is 0 Å². The molecule has 184 valence electrons. The van der Waals surface area contributed by atoms with Crippen LogP contribution in [0.25, 0.3) is 22.2 Å². The van der Waals surface area contributed by atoms with Crippen LogP contribution in [-0.4, -0.2) is 43.4 Å². The van der Waals surface area contributed by atoms with Crippen molar-refractivity contribution in [1.82, 2.24) is 24.5 Å². The summed E-state index contributed by atoms with van der Waals surface area (Å²) in [6, 6.07) is 7.96. The normalized spacial score (nSPS) is 18.7. The zero-order valence-corrected chi connectivity index (χ0v) is 19.0. The van der Waals surface area contributed by atoms with Gasteiger partial charge in [-0.05, 0) is 37.8 Å². The average Bonchev–Trinajstić information content (AvgIpc) is 3.42. The second-order valence-corrected chi connectivity index (χ2v) is 8.73. The van der Waals surface area contributed by atoms with E-state index in [9.17, 15) is 17.6 Å². The molecular weight excluding hydrogens is 464 g/mol. The smallest absolute Gasteiger partial charge is 0.405 e. The van der Waals surface area contributed by atoms with Crippen LogP contribution in [0.4, 0.5) is 23.4 Å². The van der Waals surface area contributed by atoms with Gasteiger partial charge in [0.15, 0.2) is 11.6 Å². The third kappa shape index (κ3) is 5.08. The Morgan fingerprint density at radius 1 is 1.11 bits per heavy atom. The zero-order chi connectivity index (χ0) is 24.6. The lowest BCUT2D eigenvalue weighted by atomic mass is 9.93. The van der Waals surface area contributed by atoms with Crippen molar-refractivity contribution in [2.45, 2.75) is 44.0 Å². The van der Waals surface area contributed by atoms with Gasteiger partial charge < -0.3 is 10.1 Å². The third-order valence-electron chi connectivity index (χ3n) is 6.16. The fourth-order valence-corrected chi connectivity index (χ4v) is 4.48. The van der Waals surface area contributed by atoms with Crippen molar-refractivity contribution in [2.75, 3.05) is 11.9 Å². The predicted molar refractivity (Wildman–Crippen MR) is 123 cm³/mol. The van der Waals surface area contributed by atoms with Crippen molar-refractivity contribution in [3.05, 3.63) is 54.7 Å². The van der Waals surface area contributed by atoms with Gasteiger partial charge >= 0.3 is 6.18 Å². The molecule has 1 fully saturated rings. The molecule has 1 aliphatic rings. The van der Waals surface area contributed by atoms with Crippen molar-refractivity contribution in [2.24, 2.45) is 7.05 Å². The van der Waals surface area contributed by atoms with Crippen LogP contribution in [0.1, 0.15) is 31.7 Å². The van der Waals surface area contributed by atoms with E-state index in [1.54, 1.807) is 48.4 Å². The van der Waals surface area contributed by atoms with E-state index in [-0.39, 0.29) is 29.5 Å². The highest BCUT2D eigenvalue weighted by molar-refractivity contribution is 5.93. The lowest BCUT2D eigenvalue weighted by molar-refractivity contribution is -0.115. The van der Waals surface area contributed by atoms with Crippen LogP contribution in [0, 0.1) is 5.82 Å². The summed E-state index contributed by atoms with van der Waals surface area (Å²) in [5.74, 6) is -0.0173. The molecule has 11 heteroatoms. The van der Waals surface area contributed by atoms with Crippen molar-refractivity contribution in [3.8, 4) is 17.0 Å². The number of para-hydroxylation sites is 1. The van der Waals surface area contributed by atoms with Gasteiger partial charge in [-0.2, -0.15) is 23.4 Å². The van der Waals surface area contributed by atoms with Gasteiger partial charge in [-0.1, -0.05) is 12.1 Å². The highest BCUT2D eigenvalue weighted by atomic mass is 19.4. The van der Waals surface area contributed by atoms with Crippen molar-refractivity contribution >= 4 is 16.7 Å². The lowest BCUT2D eigenvalue weighted by Crippen LogP contribution is -2.26. The summed E-state index contributed by atoms with van der Waals surface area (Å²) in [7, 11) is 1.80. The van der Waals surface area contributed by atoms with Crippen LogP contribution < -0.4 is 10.1 Å². The number of benzene rings is 1. The molecule has 0 atom stereocenters. The molecule has 0 saturated heterocycles. The molecule has 4 aromatic rings. The molecule has 5 rings (SSSR count). The predicted octanol–water partition coefficient (Wildman–Crippen LogP) is 5.51. The first-order valence-electron chi connectivity index (χ1n) is 11.4. The molecule has 1 N–H and O–H groups in total. The molecule has 1 saturated carbocycles. The van der Waals surface area contributed by atoms with Crippen LogP contribution in [0.5, 0.6) is 5.75 Å². The van der Waals surface area contributed by atoms with Crippen LogP contribution in [0.15, 0.2) is 48.9 Å². The fourth-order valence-electron chi connectivity index (χ4n) is 4.48. The Kier molecular flexibility index (Phi) is 6.08. The van der Waals surface area contributed by atoms with Crippen molar-refractivity contribution in [3.63, 3.8) is 0 Å². The minimum Gasteiger partial charge on any atom is -0.487 e. The monoisotopic (exact) mass is 488 g/mol. The van der Waals surface area contributed by atoms with E-state index in [1.165, 1.54) is 6.07 Å². The summed E-state index contributed by atoms with van der Waals surface area (Å²) in [4.78, 5) is 4.18. The molecule has 0 unspecified atom stereocenters. The van der Waals surface area contributed by atoms with Gasteiger partial charge in [0.05, 0.1) is 23.9 Å². The highest BCUT2D eigenvalue weighted by Crippen LogP contribution is 2.36. The fraction of sp³-hybridized carbons (Fsp3) is 0.375. The van der Waals surface area contributed by atoms with Crippen LogP contribution in [0.2, 0.25) is 0 Å². The topological polar surface area (TPSA) is 69.8 Å². The Hall–Kier alpha value is -3.63. The van der Waals surface area contributed by atoms with Gasteiger partial charge in [-0.3, -0.25) is 9.36 Å². The van der Waals surface area contributed by atoms with Gasteiger partial charge in [0.1, 0.15) is 18.1 Å². The molecule has 1 aliphatic carbocycles. The SMILES string of the molecule is Cn1cc(-c2nn([C@H]3CC[C@@H](Oc4ccccc4F)CC3)c3cc(NCC(F)(F)F)ncc23)cn1. The van der Waals surface area contributed by atoms with Crippen LogP contribution in [0.3, 0.4) is 0 Å². The molecule has 7 nitrogen and oxygen atoms in total. The summed E-state index contributed by atoms with van der Waals surface area (Å²) in [5, 5.41) is 12.1. The molecule has 0 bridgehead atoms. The van der Waals surface area contributed by atoms with Crippen LogP contribution in [-0.2, 0) is 7.05 Å². The van der Waals surface area contributed by atoms with Crippen molar-refractivity contribution in [1.29, 1.82) is 0 Å². The van der Waals surface area contributed by atoms with Crippen molar-refractivity contribution < 1.29 is 22.3 Å². The number of ether oxygens (including phenoxy) is 1. The quantitative estimate of drug-likeness (QED) is 0.363. The third-order valence-corrected chi connectivity index (χ3v) is 6.16. The number of aromatic nitrogens is 5. The number of halogens is 4. The number of hydrogen-bond donors (Lipinski definition) is 1. The minimum atomic E-state index is -4.35. The number of aryl methyl sites for hydroxylation is 1. The van der Waals surface area contributed by atoms with Gasteiger partial charge in [0.2, 0.25) is 0 Å². The minimum absolute atomic E-state index is 0.0151. The molecular formula is C24H24F4N6O. The number of anilines is 1. The standard InChI is InChI=1S/C24H24F4N6O/c1-33-13-15(11-31-33)23-18-12-29-22(30-14-24(26,27)28)10-20(18)34(32-23)16-6-8-17(9-7-16)35-21-5-3-2-4-19(21)25/h2-5,10-13,16-17H,6-9,14H2,1H3,(H,29,30)/t16-,17+. The molecule has 1 aromatic carbocycles. The van der Waals surface area contributed by atoms with E-state index in [2.05, 4.69) is 15.4 Å². The Labute approximate surface area is 198 Å². The largest absolute Gasteiger partial charge is 0.487 e. The molecule has 3 heterocycles. The molecule has 0 aliphatic heterocycles. The summed E-state index contributed by atoms with van der Waals surface area (Å²) < 4.78 is 61.5. The number of alkyl halides is 3. The van der Waals surface area contributed by atoms with E-state index in [4.69, 9.17) is 9.84 Å². The summed E-state index contributed by atoms with van der Waals surface area (Å²) >= 11 is 0. The van der Waals surface area contributed by atoms with E-state index in [0.29, 0.717) is 24.1 Å². The molecule has 35 heavy (non-hydrogen) atoms. The zero-order valence-electron chi connectivity index (χ0n) is 19.0. The molecule has 3 aromatic heterocycles. The lowest BCUT2D eigenvalue weighted by Gasteiger charge is -2.29. The number of nitrogens with one attached hydrogen (secondary N) is 1. The number of fused-ring (bicyclic) bond motifs is 1. The maximum absolute atomic E-state index is 14.0. The van der Waals surface area contributed by atoms with Gasteiger partial charge in [-0.25, -0.2) is 9.37 Å². The maximum atomic E-state index is 14.0. The Morgan fingerprint density at radius 3 is 2.57 bits per heavy atom. The number of rotatable bonds is 6. The first-order chi connectivity index (χ1) is 16.8. The molecule has 0 spiro atoms. The average molecular weight is 488 g/mol. The first-order valence-corrected chi connectivity index (χ1v) is 11.4. The Bertz CT molecular complexity index is 1320. The van der Waals surface area contributed by atoms with Gasteiger partial charge in [0.25, 0.3) is 0 Å². The number of hydrogen-bond acceptors (Lipinski definition) is 5. The van der Waals surface area contributed by atoms with E-state index in [0.717, 1.165) is 23.8 Å². The van der Waals surface area contributed by atoms with Gasteiger partial charge in [0, 0.05) is 36.5 Å². The molecule has 0 amide bonds. The first kappa shape index (κ1) is 23.1. The number of nitrogens with zero attached hydrogens (tertiary/aromatic N) is 5. The maximum Gasteiger partial charge on any atom is 0.405 e. The second-order valence-electron chi connectivity index (χ2n) is 8.73. The second kappa shape index (κ2) is 9.20. The van der Waals surface area contributed by atoms with Crippen LogP contribution >= 0.6 is 0 Å². The van der Waals surface area contributed by atoms with E-state index in [1.807, 2.05) is 10.9 Å². The highest BCUT2D eigenvalue weighted by Gasteiger charge is 2.29. The Balaban J connectivity index is 1.41. The molecule has 0 radical (unpaired) electrons. The Morgan fingerprint density at radius 2 is 1.89 bits per heavy atom. The summed E-state index contributed by atoms with van der Waals surface area (Å²) in [5.41, 5.74) is 2.17. The van der Waals surface area contributed by atoms with E-state index >= 15 is 0 Å². The summed E-state index contributed by atoms with van der Waals surface area (Å²) in [6.07, 6.45) is 3.48. The summed E-state index contributed by atoms with van der Waals surface area (Å²) in [6.45, 7) is -1.17. The number of pyridine rings is 1.